The third kappa shape index (κ3) is 3.10. The Morgan fingerprint density at radius 3 is 2.59 bits per heavy atom. The van der Waals surface area contributed by atoms with E-state index in [0.717, 1.165) is 12.3 Å². The lowest BCUT2D eigenvalue weighted by Crippen LogP contribution is -2.10. The lowest BCUT2D eigenvalue weighted by atomic mass is 10.1. The Morgan fingerprint density at radius 1 is 1.41 bits per heavy atom. The first-order valence-corrected chi connectivity index (χ1v) is 5.62. The molecule has 17 heavy (non-hydrogen) atoms. The fourth-order valence-corrected chi connectivity index (χ4v) is 1.78. The van der Waals surface area contributed by atoms with Gasteiger partial charge in [-0.25, -0.2) is 4.98 Å². The van der Waals surface area contributed by atoms with Crippen molar-refractivity contribution >= 4 is 11.6 Å². The Morgan fingerprint density at radius 2 is 2.06 bits per heavy atom. The normalized spacial score (nSPS) is 18.2. The molecule has 2 nitrogen and oxygen atoms in total. The molecule has 1 aliphatic rings. The van der Waals surface area contributed by atoms with Gasteiger partial charge in [0.25, 0.3) is 0 Å². The number of hydrogen-bond donors (Lipinski definition) is 1. The fraction of sp³-hybridized carbons (Fsp3) is 0.545. The molecule has 0 bridgehead atoms. The van der Waals surface area contributed by atoms with E-state index in [1.165, 1.54) is 0 Å². The van der Waals surface area contributed by atoms with Crippen molar-refractivity contribution in [3.8, 4) is 0 Å². The van der Waals surface area contributed by atoms with Crippen molar-refractivity contribution < 1.29 is 18.3 Å². The van der Waals surface area contributed by atoms with Crippen LogP contribution in [0.25, 0.3) is 0 Å². The second-order valence-corrected chi connectivity index (χ2v) is 4.75. The van der Waals surface area contributed by atoms with Crippen molar-refractivity contribution in [1.29, 1.82) is 0 Å². The maximum absolute atomic E-state index is 12.5. The Hall–Kier alpha value is -0.810. The lowest BCUT2D eigenvalue weighted by molar-refractivity contribution is -0.137. The zero-order valence-electron chi connectivity index (χ0n) is 8.89. The number of pyridine rings is 1. The van der Waals surface area contributed by atoms with Crippen molar-refractivity contribution in [3.05, 3.63) is 28.5 Å². The highest BCUT2D eigenvalue weighted by molar-refractivity contribution is 6.30. The van der Waals surface area contributed by atoms with Crippen LogP contribution in [0.2, 0.25) is 5.15 Å². The molecule has 1 N–H and O–H groups in total. The van der Waals surface area contributed by atoms with Crippen LogP contribution in [-0.4, -0.2) is 15.7 Å². The quantitative estimate of drug-likeness (QED) is 0.852. The highest BCUT2D eigenvalue weighted by Gasteiger charge is 2.39. The monoisotopic (exact) mass is 265 g/mol. The molecule has 0 aliphatic heterocycles. The second kappa shape index (κ2) is 4.14. The maximum Gasteiger partial charge on any atom is 0.417 e. The molecule has 1 aliphatic carbocycles. The largest absolute Gasteiger partial charge is 0.417 e. The molecular weight excluding hydrogens is 255 g/mol. The van der Waals surface area contributed by atoms with E-state index >= 15 is 0 Å². The minimum absolute atomic E-state index is 0.0715. The van der Waals surface area contributed by atoms with Gasteiger partial charge < -0.3 is 5.11 Å². The summed E-state index contributed by atoms with van der Waals surface area (Å²) in [7, 11) is 0. The molecule has 0 unspecified atom stereocenters. The van der Waals surface area contributed by atoms with Crippen molar-refractivity contribution in [3.63, 3.8) is 0 Å². The average Bonchev–Trinajstić information content (AvgIpc) is 2.94. The minimum atomic E-state index is -4.41. The molecule has 1 saturated carbocycles. The fourth-order valence-electron chi connectivity index (χ4n) is 1.59. The molecule has 1 fully saturated rings. The minimum Gasteiger partial charge on any atom is -0.390 e. The summed E-state index contributed by atoms with van der Waals surface area (Å²) < 4.78 is 37.4. The van der Waals surface area contributed by atoms with E-state index in [-0.39, 0.29) is 5.15 Å². The van der Waals surface area contributed by atoms with Crippen LogP contribution >= 0.6 is 11.6 Å². The van der Waals surface area contributed by atoms with Crippen LogP contribution in [0.3, 0.4) is 0 Å². The Bertz CT molecular complexity index is 429. The first-order valence-electron chi connectivity index (χ1n) is 5.24. The van der Waals surface area contributed by atoms with E-state index in [4.69, 9.17) is 11.6 Å². The molecule has 2 rings (SSSR count). The number of alkyl halides is 3. The van der Waals surface area contributed by atoms with E-state index in [1.807, 2.05) is 0 Å². The molecule has 6 heteroatoms. The van der Waals surface area contributed by atoms with Crippen LogP contribution in [0.5, 0.6) is 0 Å². The number of rotatable bonds is 3. The smallest absolute Gasteiger partial charge is 0.390 e. The SMILES string of the molecule is OC1(CCc2cc(C(F)(F)F)cnc2Cl)CC1. The van der Waals surface area contributed by atoms with Crippen LogP contribution in [0.4, 0.5) is 13.2 Å². The van der Waals surface area contributed by atoms with Crippen LogP contribution < -0.4 is 0 Å². The van der Waals surface area contributed by atoms with E-state index in [0.29, 0.717) is 31.2 Å². The van der Waals surface area contributed by atoms with Crippen molar-refractivity contribution in [2.75, 3.05) is 0 Å². The maximum atomic E-state index is 12.5. The molecule has 0 amide bonds. The van der Waals surface area contributed by atoms with Gasteiger partial charge in [0.05, 0.1) is 11.2 Å². The number of aryl methyl sites for hydroxylation is 1. The Balaban J connectivity index is 2.14. The van der Waals surface area contributed by atoms with Gasteiger partial charge in [-0.15, -0.1) is 0 Å². The van der Waals surface area contributed by atoms with Crippen molar-refractivity contribution in [2.24, 2.45) is 0 Å². The Labute approximate surface area is 101 Å². The number of aliphatic hydroxyl groups is 1. The molecule has 0 radical (unpaired) electrons. The van der Waals surface area contributed by atoms with Crippen LogP contribution in [0.1, 0.15) is 30.4 Å². The highest BCUT2D eigenvalue weighted by atomic mass is 35.5. The zero-order chi connectivity index (χ0) is 12.7. The predicted molar refractivity (Wildman–Crippen MR) is 56.8 cm³/mol. The van der Waals surface area contributed by atoms with Gasteiger partial charge in [-0.1, -0.05) is 11.6 Å². The summed E-state index contributed by atoms with van der Waals surface area (Å²) in [5, 5.41) is 9.70. The topological polar surface area (TPSA) is 33.1 Å². The van der Waals surface area contributed by atoms with Gasteiger partial charge in [0.2, 0.25) is 0 Å². The summed E-state index contributed by atoms with van der Waals surface area (Å²) in [6.45, 7) is 0. The summed E-state index contributed by atoms with van der Waals surface area (Å²) in [6, 6.07) is 1.00. The molecule has 1 aromatic heterocycles. The molecule has 1 heterocycles. The summed E-state index contributed by atoms with van der Waals surface area (Å²) in [4.78, 5) is 3.53. The van der Waals surface area contributed by atoms with Gasteiger partial charge in [-0.2, -0.15) is 13.2 Å². The van der Waals surface area contributed by atoms with Crippen LogP contribution in [0.15, 0.2) is 12.3 Å². The average molecular weight is 266 g/mol. The number of halogens is 4. The molecular formula is C11H11ClF3NO. The highest BCUT2D eigenvalue weighted by Crippen LogP contribution is 2.40. The standard InChI is InChI=1S/C11H11ClF3NO/c12-9-7(1-2-10(17)3-4-10)5-8(6-16-9)11(13,14)15/h5-6,17H,1-4H2. The molecule has 94 valence electrons. The third-order valence-electron chi connectivity index (χ3n) is 2.93. The predicted octanol–water partition coefficient (Wildman–Crippen LogP) is 3.21. The van der Waals surface area contributed by atoms with Gasteiger partial charge >= 0.3 is 6.18 Å². The van der Waals surface area contributed by atoms with E-state index in [9.17, 15) is 18.3 Å². The number of hydrogen-bond acceptors (Lipinski definition) is 2. The molecule has 1 aromatic rings. The van der Waals surface area contributed by atoms with Crippen LogP contribution in [0, 0.1) is 0 Å². The summed E-state index contributed by atoms with van der Waals surface area (Å²) >= 11 is 5.74. The van der Waals surface area contributed by atoms with E-state index in [1.54, 1.807) is 0 Å². The summed E-state index contributed by atoms with van der Waals surface area (Å²) in [6.07, 6.45) is -1.55. The van der Waals surface area contributed by atoms with E-state index < -0.39 is 17.3 Å². The van der Waals surface area contributed by atoms with Gasteiger partial charge in [0.15, 0.2) is 0 Å². The first-order chi connectivity index (χ1) is 7.80. The van der Waals surface area contributed by atoms with Crippen LogP contribution in [-0.2, 0) is 12.6 Å². The molecule has 0 saturated heterocycles. The molecule has 0 spiro atoms. The molecule has 0 aromatic carbocycles. The van der Waals surface area contributed by atoms with Crippen molar-refractivity contribution in [1.82, 2.24) is 4.98 Å². The van der Waals surface area contributed by atoms with Gasteiger partial charge in [0.1, 0.15) is 5.15 Å². The van der Waals surface area contributed by atoms with E-state index in [2.05, 4.69) is 4.98 Å². The number of nitrogens with zero attached hydrogens (tertiary/aromatic N) is 1. The first kappa shape index (κ1) is 12.6. The second-order valence-electron chi connectivity index (χ2n) is 4.40. The zero-order valence-corrected chi connectivity index (χ0v) is 9.65. The lowest BCUT2D eigenvalue weighted by Gasteiger charge is -2.11. The van der Waals surface area contributed by atoms with Gasteiger partial charge in [-0.3, -0.25) is 0 Å². The summed E-state index contributed by atoms with van der Waals surface area (Å²) in [5.41, 5.74) is -1.17. The van der Waals surface area contributed by atoms with Gasteiger partial charge in [0, 0.05) is 6.20 Å². The Kier molecular flexibility index (Phi) is 3.08. The molecule has 0 atom stereocenters. The third-order valence-corrected chi connectivity index (χ3v) is 3.27. The summed E-state index contributed by atoms with van der Waals surface area (Å²) in [5.74, 6) is 0. The number of aromatic nitrogens is 1. The van der Waals surface area contributed by atoms with Gasteiger partial charge in [-0.05, 0) is 37.3 Å². The van der Waals surface area contributed by atoms with Crippen molar-refractivity contribution in [2.45, 2.75) is 37.5 Å².